The summed E-state index contributed by atoms with van der Waals surface area (Å²) in [6.07, 6.45) is -3.51. The van der Waals surface area contributed by atoms with Crippen molar-refractivity contribution in [3.63, 3.8) is 0 Å². The fourth-order valence-corrected chi connectivity index (χ4v) is 3.74. The Labute approximate surface area is 221 Å². The van der Waals surface area contributed by atoms with Crippen LogP contribution in [0.5, 0.6) is 0 Å². The van der Waals surface area contributed by atoms with E-state index >= 15 is 0 Å². The van der Waals surface area contributed by atoms with Crippen molar-refractivity contribution in [2.24, 2.45) is 5.92 Å². The van der Waals surface area contributed by atoms with E-state index in [0.717, 1.165) is 5.56 Å². The van der Waals surface area contributed by atoms with Crippen LogP contribution in [0.4, 0.5) is 13.2 Å². The Balaban J connectivity index is 0.00000171. The molecule has 0 aromatic heterocycles. The minimum atomic E-state index is -5.08. The first kappa shape index (κ1) is 34.6. The van der Waals surface area contributed by atoms with Gasteiger partial charge in [-0.3, -0.25) is 9.59 Å². The molecular weight excluding hydrogens is 507 g/mol. The molecule has 9 nitrogen and oxygen atoms in total. The van der Waals surface area contributed by atoms with Crippen molar-refractivity contribution >= 4 is 23.8 Å². The first-order valence-electron chi connectivity index (χ1n) is 11.8. The molecule has 3 atom stereocenters. The summed E-state index contributed by atoms with van der Waals surface area (Å²) < 4.78 is 31.7. The number of likely N-dealkylation sites (N-methyl/N-ethyl adjacent to an activating group) is 2. The number of carboxylic acids is 2. The van der Waals surface area contributed by atoms with Crippen molar-refractivity contribution in [2.75, 3.05) is 14.1 Å². The SMILES string of the molecule is CNC(C(=O)NC(C)C(=O)N(C)C(/C=C(\C)C(=O)O)C(C)C)C(C)(C)c1ccccc1.O=C(O)C(F)(F)F. The van der Waals surface area contributed by atoms with Gasteiger partial charge in [0.15, 0.2) is 0 Å². The predicted molar refractivity (Wildman–Crippen MR) is 136 cm³/mol. The van der Waals surface area contributed by atoms with E-state index in [-0.39, 0.29) is 23.3 Å². The molecule has 12 heteroatoms. The largest absolute Gasteiger partial charge is 0.490 e. The zero-order valence-electron chi connectivity index (χ0n) is 22.9. The number of carboxylic acid groups (broad SMARTS) is 2. The van der Waals surface area contributed by atoms with Gasteiger partial charge in [0, 0.05) is 18.0 Å². The van der Waals surface area contributed by atoms with Gasteiger partial charge >= 0.3 is 18.1 Å². The van der Waals surface area contributed by atoms with Gasteiger partial charge in [0.1, 0.15) is 6.04 Å². The Kier molecular flexibility index (Phi) is 13.2. The second-order valence-corrected chi connectivity index (χ2v) is 9.68. The summed E-state index contributed by atoms with van der Waals surface area (Å²) in [5.74, 6) is -4.33. The zero-order chi connectivity index (χ0) is 30.0. The van der Waals surface area contributed by atoms with Gasteiger partial charge < -0.3 is 25.7 Å². The van der Waals surface area contributed by atoms with Crippen molar-refractivity contribution in [1.29, 1.82) is 0 Å². The number of rotatable bonds is 10. The molecule has 3 unspecified atom stereocenters. The third-order valence-corrected chi connectivity index (χ3v) is 6.00. The van der Waals surface area contributed by atoms with E-state index in [2.05, 4.69) is 10.6 Å². The number of carbonyl (C=O) groups excluding carboxylic acids is 2. The summed E-state index contributed by atoms with van der Waals surface area (Å²) in [7, 11) is 3.35. The molecule has 0 aliphatic rings. The number of halogens is 3. The van der Waals surface area contributed by atoms with Crippen LogP contribution in [-0.4, -0.2) is 77.3 Å². The molecule has 1 aromatic carbocycles. The molecule has 38 heavy (non-hydrogen) atoms. The molecule has 1 rings (SSSR count). The average molecular weight is 546 g/mol. The third kappa shape index (κ3) is 10.2. The maximum absolute atomic E-state index is 13.1. The van der Waals surface area contributed by atoms with Crippen molar-refractivity contribution in [1.82, 2.24) is 15.5 Å². The van der Waals surface area contributed by atoms with Gasteiger partial charge in [-0.25, -0.2) is 9.59 Å². The molecule has 0 radical (unpaired) electrons. The number of nitrogens with one attached hydrogen (secondary N) is 2. The fraction of sp³-hybridized carbons (Fsp3) is 0.538. The van der Waals surface area contributed by atoms with E-state index in [1.54, 1.807) is 27.1 Å². The van der Waals surface area contributed by atoms with Gasteiger partial charge in [0.05, 0.1) is 12.1 Å². The Morgan fingerprint density at radius 3 is 1.84 bits per heavy atom. The molecule has 4 N–H and O–H groups in total. The number of hydrogen-bond donors (Lipinski definition) is 4. The summed E-state index contributed by atoms with van der Waals surface area (Å²) in [5, 5.41) is 22.2. The molecule has 0 heterocycles. The number of amides is 2. The molecule has 214 valence electrons. The lowest BCUT2D eigenvalue weighted by molar-refractivity contribution is -0.192. The predicted octanol–water partition coefficient (Wildman–Crippen LogP) is 3.20. The number of benzene rings is 1. The lowest BCUT2D eigenvalue weighted by Crippen LogP contribution is -2.58. The number of aliphatic carboxylic acids is 2. The van der Waals surface area contributed by atoms with Gasteiger partial charge in [-0.2, -0.15) is 13.2 Å². The van der Waals surface area contributed by atoms with Crippen LogP contribution in [0.25, 0.3) is 0 Å². The monoisotopic (exact) mass is 545 g/mol. The summed E-state index contributed by atoms with van der Waals surface area (Å²) in [6, 6.07) is 8.03. The molecular formula is C26H38F3N3O6. The number of carbonyl (C=O) groups is 4. The topological polar surface area (TPSA) is 136 Å². The minimum Gasteiger partial charge on any atom is -0.478 e. The highest BCUT2D eigenvalue weighted by Gasteiger charge is 2.38. The van der Waals surface area contributed by atoms with Crippen LogP contribution < -0.4 is 10.6 Å². The maximum Gasteiger partial charge on any atom is 0.490 e. The maximum atomic E-state index is 13.1. The highest BCUT2D eigenvalue weighted by atomic mass is 19.4. The van der Waals surface area contributed by atoms with Gasteiger partial charge in [-0.05, 0) is 32.4 Å². The third-order valence-electron chi connectivity index (χ3n) is 6.00. The first-order valence-corrected chi connectivity index (χ1v) is 11.8. The Morgan fingerprint density at radius 2 is 1.47 bits per heavy atom. The Bertz CT molecular complexity index is 994. The molecule has 0 saturated carbocycles. The van der Waals surface area contributed by atoms with E-state index < -0.39 is 41.7 Å². The average Bonchev–Trinajstić information content (AvgIpc) is 2.81. The molecule has 0 aliphatic heterocycles. The number of alkyl halides is 3. The number of hydrogen-bond acceptors (Lipinski definition) is 5. The normalized spacial score (nSPS) is 14.5. The minimum absolute atomic E-state index is 0.00761. The molecule has 0 spiro atoms. The summed E-state index contributed by atoms with van der Waals surface area (Å²) in [4.78, 5) is 47.7. The molecule has 1 aromatic rings. The highest BCUT2D eigenvalue weighted by molar-refractivity contribution is 5.91. The van der Waals surface area contributed by atoms with Crippen LogP contribution in [0.2, 0.25) is 0 Å². The van der Waals surface area contributed by atoms with E-state index in [1.165, 1.54) is 11.8 Å². The van der Waals surface area contributed by atoms with E-state index in [9.17, 15) is 32.7 Å². The van der Waals surface area contributed by atoms with Crippen molar-refractivity contribution < 1.29 is 42.6 Å². The second kappa shape index (κ2) is 14.5. The molecule has 0 bridgehead atoms. The highest BCUT2D eigenvalue weighted by Crippen LogP contribution is 2.27. The molecule has 0 aliphatic carbocycles. The summed E-state index contributed by atoms with van der Waals surface area (Å²) in [5.41, 5.74) is 0.681. The van der Waals surface area contributed by atoms with E-state index in [1.807, 2.05) is 58.0 Å². The molecule has 0 fully saturated rings. The Hall–Kier alpha value is -3.41. The summed E-state index contributed by atoms with van der Waals surface area (Å²) in [6.45, 7) is 11.0. The van der Waals surface area contributed by atoms with Crippen LogP contribution in [0.1, 0.15) is 47.1 Å². The lowest BCUT2D eigenvalue weighted by Gasteiger charge is -2.35. The fourth-order valence-electron chi connectivity index (χ4n) is 3.74. The molecule has 2 amide bonds. The van der Waals surface area contributed by atoms with Gasteiger partial charge in [0.2, 0.25) is 11.8 Å². The number of nitrogens with zero attached hydrogens (tertiary/aromatic N) is 1. The van der Waals surface area contributed by atoms with Crippen molar-refractivity contribution in [3.8, 4) is 0 Å². The first-order chi connectivity index (χ1) is 17.3. The van der Waals surface area contributed by atoms with Gasteiger partial charge in [-0.1, -0.05) is 64.1 Å². The standard InChI is InChI=1S/C24H37N3O4.C2HF3O2/c1-15(2)19(14-16(3)23(30)31)27(8)22(29)17(4)26-21(28)20(25-7)24(5,6)18-12-10-9-11-13-18;3-2(4,5)1(6)7/h9-15,17,19-20,25H,1-8H3,(H,26,28)(H,30,31);(H,6,7)/b16-14+;. The van der Waals surface area contributed by atoms with Gasteiger partial charge in [0.25, 0.3) is 0 Å². The van der Waals surface area contributed by atoms with Crippen molar-refractivity contribution in [2.45, 2.75) is 71.3 Å². The summed E-state index contributed by atoms with van der Waals surface area (Å²) >= 11 is 0. The molecule has 0 saturated heterocycles. The second-order valence-electron chi connectivity index (χ2n) is 9.68. The van der Waals surface area contributed by atoms with Crippen LogP contribution >= 0.6 is 0 Å². The Morgan fingerprint density at radius 1 is 1.00 bits per heavy atom. The van der Waals surface area contributed by atoms with E-state index in [4.69, 9.17) is 9.90 Å². The smallest absolute Gasteiger partial charge is 0.478 e. The van der Waals surface area contributed by atoms with Crippen LogP contribution in [0.3, 0.4) is 0 Å². The zero-order valence-corrected chi connectivity index (χ0v) is 22.9. The van der Waals surface area contributed by atoms with E-state index in [0.29, 0.717) is 0 Å². The van der Waals surface area contributed by atoms with Crippen LogP contribution in [0, 0.1) is 5.92 Å². The lowest BCUT2D eigenvalue weighted by atomic mass is 9.77. The van der Waals surface area contributed by atoms with Crippen LogP contribution in [0.15, 0.2) is 42.0 Å². The van der Waals surface area contributed by atoms with Gasteiger partial charge in [-0.15, -0.1) is 0 Å². The van der Waals surface area contributed by atoms with Crippen molar-refractivity contribution in [3.05, 3.63) is 47.5 Å². The quantitative estimate of drug-likeness (QED) is 0.332. The van der Waals surface area contributed by atoms with Crippen LogP contribution in [-0.2, 0) is 24.6 Å².